The Hall–Kier alpha value is -2.49. The van der Waals surface area contributed by atoms with Crippen LogP contribution in [-0.2, 0) is 11.3 Å². The second-order valence-electron chi connectivity index (χ2n) is 6.89. The van der Waals surface area contributed by atoms with E-state index in [4.69, 9.17) is 4.74 Å². The SMILES string of the molecule is Cc1cccc(CNc2ccccc2NC(=O)OC(C)(C)C)c1C. The highest BCUT2D eigenvalue weighted by molar-refractivity contribution is 5.89. The molecule has 0 radical (unpaired) electrons. The van der Waals surface area contributed by atoms with Crippen molar-refractivity contribution in [2.24, 2.45) is 0 Å². The van der Waals surface area contributed by atoms with E-state index >= 15 is 0 Å². The monoisotopic (exact) mass is 326 g/mol. The summed E-state index contributed by atoms with van der Waals surface area (Å²) in [7, 11) is 0. The molecule has 24 heavy (non-hydrogen) atoms. The third-order valence-electron chi connectivity index (χ3n) is 3.75. The van der Waals surface area contributed by atoms with E-state index < -0.39 is 11.7 Å². The van der Waals surface area contributed by atoms with Gasteiger partial charge in [0.2, 0.25) is 0 Å². The first-order chi connectivity index (χ1) is 11.3. The topological polar surface area (TPSA) is 50.4 Å². The lowest BCUT2D eigenvalue weighted by atomic mass is 10.0. The molecule has 0 heterocycles. The van der Waals surface area contributed by atoms with Gasteiger partial charge in [0.25, 0.3) is 0 Å². The standard InChI is InChI=1S/C20H26N2O2/c1-14-9-8-10-16(15(14)2)13-21-17-11-6-7-12-18(17)22-19(23)24-20(3,4)5/h6-12,21H,13H2,1-5H3,(H,22,23). The summed E-state index contributed by atoms with van der Waals surface area (Å²) in [6.07, 6.45) is -0.455. The van der Waals surface area contributed by atoms with Gasteiger partial charge in [-0.05, 0) is 63.4 Å². The third-order valence-corrected chi connectivity index (χ3v) is 3.75. The van der Waals surface area contributed by atoms with E-state index in [0.29, 0.717) is 12.2 Å². The average molecular weight is 326 g/mol. The fourth-order valence-corrected chi connectivity index (χ4v) is 2.35. The maximum Gasteiger partial charge on any atom is 0.412 e. The molecule has 0 aliphatic carbocycles. The van der Waals surface area contributed by atoms with Crippen LogP contribution < -0.4 is 10.6 Å². The Bertz CT molecular complexity index is 718. The molecule has 0 saturated heterocycles. The molecule has 0 fully saturated rings. The quantitative estimate of drug-likeness (QED) is 0.805. The molecular weight excluding hydrogens is 300 g/mol. The zero-order valence-electron chi connectivity index (χ0n) is 15.1. The molecule has 0 unspecified atom stereocenters. The number of para-hydroxylation sites is 2. The molecule has 2 N–H and O–H groups in total. The molecule has 4 nitrogen and oxygen atoms in total. The lowest BCUT2D eigenvalue weighted by molar-refractivity contribution is 0.0636. The fourth-order valence-electron chi connectivity index (χ4n) is 2.35. The second-order valence-corrected chi connectivity index (χ2v) is 6.89. The van der Waals surface area contributed by atoms with Gasteiger partial charge in [0, 0.05) is 6.54 Å². The van der Waals surface area contributed by atoms with Gasteiger partial charge in [-0.15, -0.1) is 0 Å². The highest BCUT2D eigenvalue weighted by Gasteiger charge is 2.17. The molecule has 0 saturated carbocycles. The number of aryl methyl sites for hydroxylation is 1. The molecule has 0 aliphatic heterocycles. The van der Waals surface area contributed by atoms with Crippen LogP contribution in [-0.4, -0.2) is 11.7 Å². The zero-order chi connectivity index (χ0) is 17.7. The molecule has 0 atom stereocenters. The Balaban J connectivity index is 2.09. The number of hydrogen-bond donors (Lipinski definition) is 2. The lowest BCUT2D eigenvalue weighted by Gasteiger charge is -2.21. The summed E-state index contributed by atoms with van der Waals surface area (Å²) in [4.78, 5) is 12.0. The van der Waals surface area contributed by atoms with Gasteiger partial charge in [0.05, 0.1) is 11.4 Å². The first kappa shape index (κ1) is 17.9. The molecule has 4 heteroatoms. The predicted molar refractivity (Wildman–Crippen MR) is 99.5 cm³/mol. The van der Waals surface area contributed by atoms with Crippen molar-refractivity contribution in [3.63, 3.8) is 0 Å². The molecule has 2 aromatic rings. The van der Waals surface area contributed by atoms with E-state index in [1.165, 1.54) is 16.7 Å². The number of ether oxygens (including phenoxy) is 1. The highest BCUT2D eigenvalue weighted by Crippen LogP contribution is 2.23. The van der Waals surface area contributed by atoms with E-state index in [0.717, 1.165) is 5.69 Å². The van der Waals surface area contributed by atoms with Gasteiger partial charge in [-0.1, -0.05) is 30.3 Å². The fraction of sp³-hybridized carbons (Fsp3) is 0.350. The van der Waals surface area contributed by atoms with Gasteiger partial charge in [0.1, 0.15) is 5.60 Å². The van der Waals surface area contributed by atoms with Crippen LogP contribution in [0.5, 0.6) is 0 Å². The minimum absolute atomic E-state index is 0.455. The van der Waals surface area contributed by atoms with Gasteiger partial charge in [-0.3, -0.25) is 5.32 Å². The Kier molecular flexibility index (Phi) is 5.50. The van der Waals surface area contributed by atoms with E-state index in [-0.39, 0.29) is 0 Å². The van der Waals surface area contributed by atoms with Gasteiger partial charge in [-0.25, -0.2) is 4.79 Å². The highest BCUT2D eigenvalue weighted by atomic mass is 16.6. The summed E-state index contributed by atoms with van der Waals surface area (Å²) in [5.41, 5.74) is 4.84. The van der Waals surface area contributed by atoms with Crippen molar-refractivity contribution in [3.8, 4) is 0 Å². The van der Waals surface area contributed by atoms with Gasteiger partial charge < -0.3 is 10.1 Å². The van der Waals surface area contributed by atoms with Crippen LogP contribution in [0.4, 0.5) is 16.2 Å². The van der Waals surface area contributed by atoms with Crippen LogP contribution in [0, 0.1) is 13.8 Å². The molecule has 0 spiro atoms. The Morgan fingerprint density at radius 3 is 2.33 bits per heavy atom. The van der Waals surface area contributed by atoms with Crippen molar-refractivity contribution in [2.75, 3.05) is 10.6 Å². The van der Waals surface area contributed by atoms with Crippen molar-refractivity contribution < 1.29 is 9.53 Å². The van der Waals surface area contributed by atoms with E-state index in [2.05, 4.69) is 42.7 Å². The number of hydrogen-bond acceptors (Lipinski definition) is 3. The summed E-state index contributed by atoms with van der Waals surface area (Å²) in [6, 6.07) is 13.9. The first-order valence-corrected chi connectivity index (χ1v) is 8.14. The summed E-state index contributed by atoms with van der Waals surface area (Å²) >= 11 is 0. The Labute approximate surface area is 144 Å². The van der Waals surface area contributed by atoms with Gasteiger partial charge in [-0.2, -0.15) is 0 Å². The smallest absolute Gasteiger partial charge is 0.412 e. The number of benzene rings is 2. The predicted octanol–water partition coefficient (Wildman–Crippen LogP) is 5.26. The number of carbonyl (C=O) groups excluding carboxylic acids is 1. The maximum atomic E-state index is 12.0. The summed E-state index contributed by atoms with van der Waals surface area (Å²) in [6.45, 7) is 10.5. The van der Waals surface area contributed by atoms with E-state index in [9.17, 15) is 4.79 Å². The van der Waals surface area contributed by atoms with Crippen LogP contribution in [0.1, 0.15) is 37.5 Å². The van der Waals surface area contributed by atoms with Crippen molar-refractivity contribution in [2.45, 2.75) is 46.8 Å². The van der Waals surface area contributed by atoms with Crippen LogP contribution >= 0.6 is 0 Å². The lowest BCUT2D eigenvalue weighted by Crippen LogP contribution is -2.27. The number of nitrogens with one attached hydrogen (secondary N) is 2. The number of rotatable bonds is 4. The number of carbonyl (C=O) groups is 1. The van der Waals surface area contributed by atoms with Crippen molar-refractivity contribution in [1.29, 1.82) is 0 Å². The largest absolute Gasteiger partial charge is 0.444 e. The molecule has 2 aromatic carbocycles. The maximum absolute atomic E-state index is 12.0. The average Bonchev–Trinajstić information content (AvgIpc) is 2.48. The Morgan fingerprint density at radius 1 is 1.00 bits per heavy atom. The van der Waals surface area contributed by atoms with Crippen molar-refractivity contribution >= 4 is 17.5 Å². The minimum atomic E-state index is -0.523. The molecule has 0 bridgehead atoms. The van der Waals surface area contributed by atoms with Crippen LogP contribution in [0.2, 0.25) is 0 Å². The number of anilines is 2. The number of amides is 1. The van der Waals surface area contributed by atoms with E-state index in [1.807, 2.05) is 45.0 Å². The van der Waals surface area contributed by atoms with Crippen LogP contribution in [0.25, 0.3) is 0 Å². The molecular formula is C20H26N2O2. The zero-order valence-corrected chi connectivity index (χ0v) is 15.1. The minimum Gasteiger partial charge on any atom is -0.444 e. The second kappa shape index (κ2) is 7.39. The molecule has 2 rings (SSSR count). The van der Waals surface area contributed by atoms with E-state index in [1.54, 1.807) is 0 Å². The van der Waals surface area contributed by atoms with Gasteiger partial charge in [0.15, 0.2) is 0 Å². The van der Waals surface area contributed by atoms with Crippen molar-refractivity contribution in [3.05, 3.63) is 59.2 Å². The summed E-state index contributed by atoms with van der Waals surface area (Å²) < 4.78 is 5.32. The first-order valence-electron chi connectivity index (χ1n) is 8.14. The van der Waals surface area contributed by atoms with Crippen LogP contribution in [0.3, 0.4) is 0 Å². The molecule has 0 aliphatic rings. The summed E-state index contributed by atoms with van der Waals surface area (Å²) in [5.74, 6) is 0. The normalized spacial score (nSPS) is 11.0. The van der Waals surface area contributed by atoms with Crippen molar-refractivity contribution in [1.82, 2.24) is 0 Å². The molecule has 0 aromatic heterocycles. The molecule has 1 amide bonds. The van der Waals surface area contributed by atoms with Gasteiger partial charge >= 0.3 is 6.09 Å². The van der Waals surface area contributed by atoms with Crippen LogP contribution in [0.15, 0.2) is 42.5 Å². The molecule has 128 valence electrons. The Morgan fingerprint density at radius 2 is 1.67 bits per heavy atom. The summed E-state index contributed by atoms with van der Waals surface area (Å²) in [5, 5.41) is 6.20. The third kappa shape index (κ3) is 5.01.